The molecule has 1 aromatic heterocycles. The Labute approximate surface area is 115 Å². The van der Waals surface area contributed by atoms with Gasteiger partial charge in [-0.25, -0.2) is 0 Å². The van der Waals surface area contributed by atoms with Gasteiger partial charge in [0.15, 0.2) is 0 Å². The zero-order valence-corrected chi connectivity index (χ0v) is 11.2. The number of benzene rings is 1. The Morgan fingerprint density at radius 1 is 1.37 bits per heavy atom. The molecule has 0 unspecified atom stereocenters. The fourth-order valence-corrected chi connectivity index (χ4v) is 2.34. The summed E-state index contributed by atoms with van der Waals surface area (Å²) in [5, 5.41) is 7.91. The second-order valence-electron chi connectivity index (χ2n) is 4.44. The second-order valence-corrected chi connectivity index (χ2v) is 4.85. The molecule has 3 rings (SSSR count). The Morgan fingerprint density at radius 2 is 2.21 bits per heavy atom. The molecule has 19 heavy (non-hydrogen) atoms. The van der Waals surface area contributed by atoms with Crippen LogP contribution in [0.25, 0.3) is 11.4 Å². The Morgan fingerprint density at radius 3 is 3.00 bits per heavy atom. The van der Waals surface area contributed by atoms with Gasteiger partial charge in [-0.3, -0.25) is 0 Å². The summed E-state index contributed by atoms with van der Waals surface area (Å²) in [6.07, 6.45) is 0.00768. The van der Waals surface area contributed by atoms with Gasteiger partial charge in [-0.05, 0) is 19.1 Å². The van der Waals surface area contributed by atoms with E-state index in [1.54, 1.807) is 6.07 Å². The van der Waals surface area contributed by atoms with Gasteiger partial charge in [-0.2, -0.15) is 4.98 Å². The number of aromatic nitrogens is 2. The molecule has 1 fully saturated rings. The van der Waals surface area contributed by atoms with Crippen LogP contribution in [0.2, 0.25) is 5.02 Å². The molecule has 0 saturated carbocycles. The SMILES string of the molecule is C[C@H]1OCCN[C@@H]1c1nc(-c2ccccc2Cl)no1. The van der Waals surface area contributed by atoms with Crippen LogP contribution >= 0.6 is 11.6 Å². The smallest absolute Gasteiger partial charge is 0.246 e. The lowest BCUT2D eigenvalue weighted by Gasteiger charge is -2.27. The Bertz CT molecular complexity index is 573. The first kappa shape index (κ1) is 12.6. The number of ether oxygens (including phenoxy) is 1. The average molecular weight is 280 g/mol. The molecule has 0 radical (unpaired) electrons. The zero-order chi connectivity index (χ0) is 13.2. The summed E-state index contributed by atoms with van der Waals surface area (Å²) >= 11 is 6.12. The average Bonchev–Trinajstić information content (AvgIpc) is 2.89. The van der Waals surface area contributed by atoms with E-state index in [1.165, 1.54) is 0 Å². The molecule has 0 spiro atoms. The van der Waals surface area contributed by atoms with Gasteiger partial charge < -0.3 is 14.6 Å². The van der Waals surface area contributed by atoms with Gasteiger partial charge in [0.2, 0.25) is 11.7 Å². The summed E-state index contributed by atoms with van der Waals surface area (Å²) < 4.78 is 10.9. The van der Waals surface area contributed by atoms with Crippen LogP contribution in [0.3, 0.4) is 0 Å². The predicted octanol–water partition coefficient (Wildman–Crippen LogP) is 2.44. The van der Waals surface area contributed by atoms with E-state index < -0.39 is 0 Å². The number of hydrogen-bond acceptors (Lipinski definition) is 5. The van der Waals surface area contributed by atoms with E-state index in [0.29, 0.717) is 23.3 Å². The summed E-state index contributed by atoms with van der Waals surface area (Å²) in [7, 11) is 0. The third-order valence-electron chi connectivity index (χ3n) is 3.14. The van der Waals surface area contributed by atoms with Crippen molar-refractivity contribution in [1.82, 2.24) is 15.5 Å². The minimum absolute atomic E-state index is 0.00768. The van der Waals surface area contributed by atoms with Gasteiger partial charge in [-0.1, -0.05) is 28.9 Å². The fourth-order valence-electron chi connectivity index (χ4n) is 2.12. The van der Waals surface area contributed by atoms with Crippen LogP contribution in [0, 0.1) is 0 Å². The molecular weight excluding hydrogens is 266 g/mol. The molecule has 0 amide bonds. The number of rotatable bonds is 2. The zero-order valence-electron chi connectivity index (χ0n) is 10.5. The first-order chi connectivity index (χ1) is 9.25. The van der Waals surface area contributed by atoms with Gasteiger partial charge in [0.05, 0.1) is 17.7 Å². The molecule has 6 heteroatoms. The summed E-state index contributed by atoms with van der Waals surface area (Å²) in [4.78, 5) is 4.41. The minimum atomic E-state index is -0.0718. The normalized spacial score (nSPS) is 23.5. The number of morpholine rings is 1. The molecular formula is C13H14ClN3O2. The van der Waals surface area contributed by atoms with Crippen molar-refractivity contribution in [3.63, 3.8) is 0 Å². The first-order valence-electron chi connectivity index (χ1n) is 6.19. The number of hydrogen-bond donors (Lipinski definition) is 1. The van der Waals surface area contributed by atoms with Gasteiger partial charge in [0.1, 0.15) is 6.04 Å². The first-order valence-corrected chi connectivity index (χ1v) is 6.57. The van der Waals surface area contributed by atoms with E-state index in [9.17, 15) is 0 Å². The third kappa shape index (κ3) is 2.49. The van der Waals surface area contributed by atoms with Crippen molar-refractivity contribution in [2.75, 3.05) is 13.2 Å². The maximum absolute atomic E-state index is 6.12. The quantitative estimate of drug-likeness (QED) is 0.915. The van der Waals surface area contributed by atoms with Crippen molar-refractivity contribution in [3.8, 4) is 11.4 Å². The fraction of sp³-hybridized carbons (Fsp3) is 0.385. The van der Waals surface area contributed by atoms with Crippen LogP contribution in [0.4, 0.5) is 0 Å². The van der Waals surface area contributed by atoms with Gasteiger partial charge >= 0.3 is 0 Å². The van der Waals surface area contributed by atoms with E-state index in [2.05, 4.69) is 15.5 Å². The lowest BCUT2D eigenvalue weighted by Crippen LogP contribution is -2.40. The monoisotopic (exact) mass is 279 g/mol. The molecule has 0 bridgehead atoms. The van der Waals surface area contributed by atoms with Gasteiger partial charge in [-0.15, -0.1) is 0 Å². The van der Waals surface area contributed by atoms with Crippen molar-refractivity contribution in [1.29, 1.82) is 0 Å². The summed E-state index contributed by atoms with van der Waals surface area (Å²) in [6.45, 7) is 3.46. The minimum Gasteiger partial charge on any atom is -0.375 e. The van der Waals surface area contributed by atoms with Crippen molar-refractivity contribution >= 4 is 11.6 Å². The summed E-state index contributed by atoms with van der Waals surface area (Å²) in [5.41, 5.74) is 0.767. The standard InChI is InChI=1S/C13H14ClN3O2/c1-8-11(15-6-7-18-8)13-16-12(17-19-13)9-4-2-3-5-10(9)14/h2-5,8,11,15H,6-7H2,1H3/t8-,11+/m1/s1. The number of nitrogens with zero attached hydrogens (tertiary/aromatic N) is 2. The molecule has 1 aliphatic rings. The van der Waals surface area contributed by atoms with Crippen molar-refractivity contribution in [2.45, 2.75) is 19.1 Å². The van der Waals surface area contributed by atoms with E-state index in [1.807, 2.05) is 25.1 Å². The molecule has 0 aliphatic carbocycles. The van der Waals surface area contributed by atoms with Gasteiger partial charge in [0, 0.05) is 12.1 Å². The van der Waals surface area contributed by atoms with E-state index in [4.69, 9.17) is 20.9 Å². The van der Waals surface area contributed by atoms with Crippen LogP contribution in [-0.2, 0) is 4.74 Å². The summed E-state index contributed by atoms with van der Waals surface area (Å²) in [5.74, 6) is 1.03. The van der Waals surface area contributed by atoms with Gasteiger partial charge in [0.25, 0.3) is 0 Å². The highest BCUT2D eigenvalue weighted by Gasteiger charge is 2.28. The van der Waals surface area contributed by atoms with Crippen LogP contribution in [0.1, 0.15) is 18.9 Å². The van der Waals surface area contributed by atoms with Crippen molar-refractivity contribution < 1.29 is 9.26 Å². The van der Waals surface area contributed by atoms with Crippen molar-refractivity contribution in [3.05, 3.63) is 35.2 Å². The lowest BCUT2D eigenvalue weighted by atomic mass is 10.1. The lowest BCUT2D eigenvalue weighted by molar-refractivity contribution is -0.00136. The molecule has 5 nitrogen and oxygen atoms in total. The van der Waals surface area contributed by atoms with Crippen LogP contribution in [-0.4, -0.2) is 29.4 Å². The van der Waals surface area contributed by atoms with Crippen molar-refractivity contribution in [2.24, 2.45) is 0 Å². The highest BCUT2D eigenvalue weighted by atomic mass is 35.5. The third-order valence-corrected chi connectivity index (χ3v) is 3.47. The largest absolute Gasteiger partial charge is 0.375 e. The van der Waals surface area contributed by atoms with E-state index in [-0.39, 0.29) is 12.1 Å². The summed E-state index contributed by atoms with van der Waals surface area (Å²) in [6, 6.07) is 7.35. The van der Waals surface area contributed by atoms with E-state index >= 15 is 0 Å². The molecule has 1 aliphatic heterocycles. The Hall–Kier alpha value is -1.43. The molecule has 100 valence electrons. The predicted molar refractivity (Wildman–Crippen MR) is 70.9 cm³/mol. The molecule has 1 aromatic carbocycles. The maximum Gasteiger partial charge on any atom is 0.246 e. The Kier molecular flexibility index (Phi) is 3.50. The highest BCUT2D eigenvalue weighted by Crippen LogP contribution is 2.27. The molecule has 1 N–H and O–H groups in total. The molecule has 2 heterocycles. The highest BCUT2D eigenvalue weighted by molar-refractivity contribution is 6.33. The Balaban J connectivity index is 1.89. The maximum atomic E-state index is 6.12. The van der Waals surface area contributed by atoms with E-state index in [0.717, 1.165) is 12.1 Å². The number of nitrogens with one attached hydrogen (secondary N) is 1. The molecule has 1 saturated heterocycles. The molecule has 2 atom stereocenters. The number of halogens is 1. The van der Waals surface area contributed by atoms with Crippen LogP contribution in [0.5, 0.6) is 0 Å². The van der Waals surface area contributed by atoms with Crippen LogP contribution in [0.15, 0.2) is 28.8 Å². The second kappa shape index (κ2) is 5.28. The molecule has 2 aromatic rings. The van der Waals surface area contributed by atoms with Crippen LogP contribution < -0.4 is 5.32 Å². The topological polar surface area (TPSA) is 60.2 Å².